The van der Waals surface area contributed by atoms with Crippen LogP contribution in [0.3, 0.4) is 0 Å². The van der Waals surface area contributed by atoms with E-state index in [-0.39, 0.29) is 0 Å². The molecule has 0 bridgehead atoms. The highest BCUT2D eigenvalue weighted by Gasteiger charge is 2.39. The van der Waals surface area contributed by atoms with E-state index in [2.05, 4.69) is 77.1 Å². The molecule has 0 radical (unpaired) electrons. The minimum Gasteiger partial charge on any atom is -0.437 e. The molecule has 0 saturated carbocycles. The molecule has 0 saturated heterocycles. The van der Waals surface area contributed by atoms with Gasteiger partial charge in [0, 0.05) is 6.61 Å². The molecule has 31 heavy (non-hydrogen) atoms. The quantitative estimate of drug-likeness (QED) is 0.174. The van der Waals surface area contributed by atoms with Gasteiger partial charge < -0.3 is 17.7 Å². The van der Waals surface area contributed by atoms with Gasteiger partial charge in [0.15, 0.2) is 16.6 Å². The molecule has 1 aromatic rings. The maximum absolute atomic E-state index is 6.66. The van der Waals surface area contributed by atoms with E-state index in [1.807, 2.05) is 6.08 Å². The zero-order valence-electron chi connectivity index (χ0n) is 21.1. The van der Waals surface area contributed by atoms with Crippen molar-refractivity contribution >= 4 is 31.3 Å². The molecule has 0 atom stereocenters. The number of benzene rings is 1. The normalized spacial score (nSPS) is 12.9. The largest absolute Gasteiger partial charge is 0.437 e. The summed E-state index contributed by atoms with van der Waals surface area (Å²) in [6.07, 6.45) is 5.37. The van der Waals surface area contributed by atoms with Crippen molar-refractivity contribution in [3.8, 4) is 0 Å². The van der Waals surface area contributed by atoms with Crippen LogP contribution in [0.15, 0.2) is 30.8 Å². The Morgan fingerprint density at radius 1 is 0.774 bits per heavy atom. The second kappa shape index (κ2) is 13.9. The van der Waals surface area contributed by atoms with Gasteiger partial charge in [-0.2, -0.15) is 0 Å². The summed E-state index contributed by atoms with van der Waals surface area (Å²) in [4.78, 5) is 0. The van der Waals surface area contributed by atoms with Crippen LogP contribution < -0.4 is 0 Å². The molecule has 0 unspecified atom stereocenters. The molecule has 1 rings (SSSR count). The Kier molecular flexibility index (Phi) is 12.7. The van der Waals surface area contributed by atoms with Gasteiger partial charge in [-0.1, -0.05) is 56.7 Å². The summed E-state index contributed by atoms with van der Waals surface area (Å²) in [6, 6.07) is 10.6. The van der Waals surface area contributed by atoms with Gasteiger partial charge in [0.25, 0.3) is 0 Å². The van der Waals surface area contributed by atoms with Crippen molar-refractivity contribution in [3.63, 3.8) is 0 Å². The first-order chi connectivity index (χ1) is 14.5. The molecule has 0 N–H and O–H groups in total. The van der Waals surface area contributed by atoms with E-state index < -0.39 is 25.2 Å². The first kappa shape index (κ1) is 28.5. The molecule has 0 fully saturated rings. The van der Waals surface area contributed by atoms with Crippen LogP contribution in [0.4, 0.5) is 0 Å². The molecule has 0 aromatic heterocycles. The SMILES string of the molecule is C=Cc1ccc(COCCOCCC[Si](C)(C)O[Si](C)(C)O[Si](C)(C)CCCC)cc1. The zero-order chi connectivity index (χ0) is 23.4. The molecule has 0 aliphatic rings. The van der Waals surface area contributed by atoms with Gasteiger partial charge in [-0.15, -0.1) is 0 Å². The van der Waals surface area contributed by atoms with E-state index in [1.165, 1.54) is 24.4 Å². The standard InChI is InChI=1S/C24H46O4Si3/c1-9-11-20-29(3,4)27-31(7,8)28-30(5,6)21-12-17-25-18-19-26-22-24-15-13-23(10-2)14-16-24/h10,13-16H,2,9,11-12,17-22H2,1,3-8H3. The lowest BCUT2D eigenvalue weighted by Gasteiger charge is -2.38. The Morgan fingerprint density at radius 2 is 1.32 bits per heavy atom. The van der Waals surface area contributed by atoms with Gasteiger partial charge in [-0.05, 0) is 68.9 Å². The summed E-state index contributed by atoms with van der Waals surface area (Å²) < 4.78 is 24.8. The monoisotopic (exact) mass is 482 g/mol. The van der Waals surface area contributed by atoms with E-state index in [0.717, 1.165) is 24.6 Å². The van der Waals surface area contributed by atoms with Crippen LogP contribution >= 0.6 is 0 Å². The highest BCUT2D eigenvalue weighted by atomic mass is 28.5. The average Bonchev–Trinajstić information content (AvgIpc) is 2.67. The summed E-state index contributed by atoms with van der Waals surface area (Å²) in [5, 5.41) is 0. The fraction of sp³-hybridized carbons (Fsp3) is 0.667. The molecule has 0 aliphatic heterocycles. The van der Waals surface area contributed by atoms with Crippen molar-refractivity contribution < 1.29 is 17.7 Å². The van der Waals surface area contributed by atoms with E-state index in [4.69, 9.17) is 17.7 Å². The number of unbranched alkanes of at least 4 members (excludes halogenated alkanes) is 1. The van der Waals surface area contributed by atoms with Crippen LogP contribution in [0.1, 0.15) is 37.3 Å². The molecule has 1 aromatic carbocycles. The summed E-state index contributed by atoms with van der Waals surface area (Å²) in [7, 11) is -5.48. The van der Waals surface area contributed by atoms with Gasteiger partial charge in [0.1, 0.15) is 0 Å². The zero-order valence-corrected chi connectivity index (χ0v) is 24.1. The van der Waals surface area contributed by atoms with Crippen LogP contribution in [0.25, 0.3) is 6.08 Å². The molecule has 178 valence electrons. The number of hydrogen-bond acceptors (Lipinski definition) is 4. The second-order valence-electron chi connectivity index (χ2n) is 9.94. The van der Waals surface area contributed by atoms with Crippen molar-refractivity contribution in [2.24, 2.45) is 0 Å². The number of hydrogen-bond donors (Lipinski definition) is 0. The maximum atomic E-state index is 6.66. The van der Waals surface area contributed by atoms with Gasteiger partial charge in [0.05, 0.1) is 19.8 Å². The molecular weight excluding hydrogens is 437 g/mol. The van der Waals surface area contributed by atoms with Crippen molar-refractivity contribution in [1.29, 1.82) is 0 Å². The van der Waals surface area contributed by atoms with Gasteiger partial charge in [0.2, 0.25) is 0 Å². The van der Waals surface area contributed by atoms with E-state index >= 15 is 0 Å². The van der Waals surface area contributed by atoms with E-state index in [0.29, 0.717) is 19.8 Å². The maximum Gasteiger partial charge on any atom is 0.311 e. The van der Waals surface area contributed by atoms with Crippen molar-refractivity contribution in [3.05, 3.63) is 42.0 Å². The Hall–Kier alpha value is -0.549. The van der Waals surface area contributed by atoms with Crippen LogP contribution in [0, 0.1) is 0 Å². The van der Waals surface area contributed by atoms with Crippen LogP contribution in [-0.4, -0.2) is 45.0 Å². The first-order valence-electron chi connectivity index (χ1n) is 11.8. The highest BCUT2D eigenvalue weighted by Crippen LogP contribution is 2.26. The van der Waals surface area contributed by atoms with E-state index in [9.17, 15) is 0 Å². The summed E-state index contributed by atoms with van der Waals surface area (Å²) in [5.74, 6) is 0. The lowest BCUT2D eigenvalue weighted by Crippen LogP contribution is -2.52. The number of rotatable bonds is 17. The van der Waals surface area contributed by atoms with E-state index in [1.54, 1.807) is 0 Å². The molecule has 0 amide bonds. The van der Waals surface area contributed by atoms with Gasteiger partial charge in [-0.3, -0.25) is 0 Å². The van der Waals surface area contributed by atoms with Crippen molar-refractivity contribution in [2.75, 3.05) is 19.8 Å². The minimum atomic E-state index is -2.09. The number of ether oxygens (including phenoxy) is 2. The Balaban J connectivity index is 2.19. The minimum absolute atomic E-state index is 0.617. The van der Waals surface area contributed by atoms with Crippen molar-refractivity contribution in [2.45, 2.75) is 84.2 Å². The Labute approximate surface area is 194 Å². The molecule has 7 heteroatoms. The fourth-order valence-corrected chi connectivity index (χ4v) is 18.0. The lowest BCUT2D eigenvalue weighted by molar-refractivity contribution is 0.0406. The smallest absolute Gasteiger partial charge is 0.311 e. The van der Waals surface area contributed by atoms with Gasteiger partial charge >= 0.3 is 8.56 Å². The Morgan fingerprint density at radius 3 is 1.87 bits per heavy atom. The van der Waals surface area contributed by atoms with Gasteiger partial charge in [-0.25, -0.2) is 0 Å². The fourth-order valence-electron chi connectivity index (χ4n) is 3.82. The Bertz CT molecular complexity index is 630. The third-order valence-electron chi connectivity index (χ3n) is 5.10. The molecule has 0 aliphatic carbocycles. The predicted molar refractivity (Wildman–Crippen MR) is 141 cm³/mol. The van der Waals surface area contributed by atoms with Crippen LogP contribution in [0.2, 0.25) is 51.4 Å². The molecule has 4 nitrogen and oxygen atoms in total. The molecular formula is C24H46O4Si3. The third-order valence-corrected chi connectivity index (χ3v) is 16.6. The highest BCUT2D eigenvalue weighted by molar-refractivity contribution is 6.87. The molecule has 0 spiro atoms. The van der Waals surface area contributed by atoms with Crippen LogP contribution in [0.5, 0.6) is 0 Å². The third kappa shape index (κ3) is 13.6. The molecule has 0 heterocycles. The second-order valence-corrected chi connectivity index (χ2v) is 22.4. The van der Waals surface area contributed by atoms with Crippen molar-refractivity contribution in [1.82, 2.24) is 0 Å². The summed E-state index contributed by atoms with van der Waals surface area (Å²) in [5.41, 5.74) is 2.30. The first-order valence-corrected chi connectivity index (χ1v) is 20.8. The van der Waals surface area contributed by atoms with Crippen LogP contribution in [-0.2, 0) is 24.3 Å². The summed E-state index contributed by atoms with van der Waals surface area (Å²) in [6.45, 7) is 22.4. The average molecular weight is 483 g/mol. The lowest BCUT2D eigenvalue weighted by atomic mass is 10.1. The topological polar surface area (TPSA) is 36.9 Å². The summed E-state index contributed by atoms with van der Waals surface area (Å²) >= 11 is 0. The predicted octanol–water partition coefficient (Wildman–Crippen LogP) is 7.20.